The van der Waals surface area contributed by atoms with Crippen molar-refractivity contribution in [1.82, 2.24) is 15.4 Å². The van der Waals surface area contributed by atoms with Gasteiger partial charge in [0.2, 0.25) is 0 Å². The molecule has 3 rings (SSSR count). The zero-order valence-corrected chi connectivity index (χ0v) is 20.6. The van der Waals surface area contributed by atoms with E-state index in [9.17, 15) is 15.3 Å². The van der Waals surface area contributed by atoms with Crippen LogP contribution in [0.25, 0.3) is 0 Å². The van der Waals surface area contributed by atoms with Crippen molar-refractivity contribution in [3.05, 3.63) is 89.5 Å². The van der Waals surface area contributed by atoms with Gasteiger partial charge in [-0.3, -0.25) is 10.0 Å². The van der Waals surface area contributed by atoms with Gasteiger partial charge < -0.3 is 26.5 Å². The van der Waals surface area contributed by atoms with E-state index in [1.165, 1.54) is 0 Å². The van der Waals surface area contributed by atoms with E-state index >= 15 is 0 Å². The lowest BCUT2D eigenvalue weighted by Gasteiger charge is -2.24. The molecule has 10 heteroatoms. The monoisotopic (exact) mass is 503 g/mol. The van der Waals surface area contributed by atoms with Crippen LogP contribution in [0.4, 0.5) is 0 Å². The Hall–Kier alpha value is -4.57. The summed E-state index contributed by atoms with van der Waals surface area (Å²) in [6, 6.07) is 20.9. The number of nitrogens with one attached hydrogen (secondary N) is 1. The minimum absolute atomic E-state index is 0.147. The van der Waals surface area contributed by atoms with E-state index in [4.69, 9.17) is 5.73 Å². The first-order valence-corrected chi connectivity index (χ1v) is 11.9. The summed E-state index contributed by atoms with van der Waals surface area (Å²) >= 11 is 0. The van der Waals surface area contributed by atoms with Gasteiger partial charge in [-0.1, -0.05) is 36.4 Å². The van der Waals surface area contributed by atoms with Crippen molar-refractivity contribution < 1.29 is 15.3 Å². The minimum atomic E-state index is 0.147. The second kappa shape index (κ2) is 14.7. The molecule has 3 aromatic rings. The Kier molecular flexibility index (Phi) is 10.8. The molecule has 0 bridgehead atoms. The highest BCUT2D eigenvalue weighted by Crippen LogP contribution is 2.14. The number of nitrogens with zero attached hydrogens (tertiary/aromatic N) is 5. The molecule has 0 spiro atoms. The van der Waals surface area contributed by atoms with Gasteiger partial charge in [-0.05, 0) is 36.4 Å². The van der Waals surface area contributed by atoms with Crippen LogP contribution in [-0.4, -0.2) is 83.2 Å². The molecule has 0 heterocycles. The molecule has 0 fully saturated rings. The SMILES string of the molecule is NCCN(CCN(CCN/N=C/c1ccccc1O)/N=C/c1ccccc1O)/N=C/c1ccccc1O. The molecule has 0 aliphatic carbocycles. The van der Waals surface area contributed by atoms with E-state index in [1.807, 2.05) is 28.2 Å². The summed E-state index contributed by atoms with van der Waals surface area (Å²) in [6.07, 6.45) is 4.77. The Morgan fingerprint density at radius 1 is 0.622 bits per heavy atom. The van der Waals surface area contributed by atoms with Crippen molar-refractivity contribution in [2.24, 2.45) is 21.0 Å². The molecule has 0 aliphatic heterocycles. The number of hydrazone groups is 3. The lowest BCUT2D eigenvalue weighted by Crippen LogP contribution is -2.35. The van der Waals surface area contributed by atoms with Gasteiger partial charge in [0, 0.05) is 29.8 Å². The molecule has 0 aromatic heterocycles. The van der Waals surface area contributed by atoms with Crippen molar-refractivity contribution in [3.63, 3.8) is 0 Å². The average molecular weight is 504 g/mol. The van der Waals surface area contributed by atoms with Gasteiger partial charge in [-0.25, -0.2) is 0 Å². The summed E-state index contributed by atoms with van der Waals surface area (Å²) in [7, 11) is 0. The summed E-state index contributed by atoms with van der Waals surface area (Å²) in [5, 5.41) is 46.8. The molecule has 0 atom stereocenters. The standard InChI is InChI=1S/C27H33N7O3/c28-13-15-33(31-20-23-8-2-5-11-26(23)36)17-18-34(32-21-24-9-3-6-12-27(24)37)16-14-29-30-19-22-7-1-4-10-25(22)35/h1-12,19-21,29,35-37H,13-18,28H2/b30-19+,31-20+,32-21+. The number of rotatable bonds is 14. The number of benzene rings is 3. The Morgan fingerprint density at radius 2 is 1.05 bits per heavy atom. The fourth-order valence-corrected chi connectivity index (χ4v) is 3.27. The highest BCUT2D eigenvalue weighted by Gasteiger charge is 2.07. The molecular weight excluding hydrogens is 470 g/mol. The Balaban J connectivity index is 1.63. The van der Waals surface area contributed by atoms with Gasteiger partial charge in [0.1, 0.15) is 17.2 Å². The summed E-state index contributed by atoms with van der Waals surface area (Å²) in [6.45, 7) is 3.00. The Morgan fingerprint density at radius 3 is 1.51 bits per heavy atom. The molecule has 0 saturated carbocycles. The van der Waals surface area contributed by atoms with Crippen molar-refractivity contribution >= 4 is 18.6 Å². The summed E-state index contributed by atoms with van der Waals surface area (Å²) in [4.78, 5) is 0. The number of phenols is 3. The van der Waals surface area contributed by atoms with Crippen molar-refractivity contribution in [1.29, 1.82) is 0 Å². The van der Waals surface area contributed by atoms with Crippen LogP contribution >= 0.6 is 0 Å². The van der Waals surface area contributed by atoms with Crippen LogP contribution in [0.1, 0.15) is 16.7 Å². The normalized spacial score (nSPS) is 11.5. The third-order valence-corrected chi connectivity index (χ3v) is 5.31. The predicted molar refractivity (Wildman–Crippen MR) is 147 cm³/mol. The topological polar surface area (TPSA) is 142 Å². The number of phenolic OH excluding ortho intramolecular Hbond substituents is 3. The number of nitrogens with two attached hydrogens (primary N) is 1. The quantitative estimate of drug-likeness (QED) is 0.129. The number of para-hydroxylation sites is 3. The molecule has 10 nitrogen and oxygen atoms in total. The summed E-state index contributed by atoms with van der Waals surface area (Å²) in [5.41, 5.74) is 10.6. The van der Waals surface area contributed by atoms with Gasteiger partial charge in [-0.15, -0.1) is 0 Å². The third kappa shape index (κ3) is 9.19. The molecule has 0 saturated heterocycles. The van der Waals surface area contributed by atoms with Crippen molar-refractivity contribution in [2.45, 2.75) is 0 Å². The van der Waals surface area contributed by atoms with Crippen LogP contribution in [0.5, 0.6) is 17.2 Å². The molecular formula is C27H33N7O3. The average Bonchev–Trinajstić information content (AvgIpc) is 2.90. The van der Waals surface area contributed by atoms with Crippen LogP contribution in [0.2, 0.25) is 0 Å². The highest BCUT2D eigenvalue weighted by atomic mass is 16.3. The molecule has 3 aromatic carbocycles. The maximum absolute atomic E-state index is 10.1. The van der Waals surface area contributed by atoms with Crippen LogP contribution in [0.15, 0.2) is 88.1 Å². The number of aromatic hydroxyl groups is 3. The fourth-order valence-electron chi connectivity index (χ4n) is 3.27. The fraction of sp³-hybridized carbons (Fsp3) is 0.222. The zero-order valence-electron chi connectivity index (χ0n) is 20.6. The predicted octanol–water partition coefficient (Wildman–Crippen LogP) is 2.36. The second-order valence-corrected chi connectivity index (χ2v) is 8.03. The third-order valence-electron chi connectivity index (χ3n) is 5.31. The molecule has 194 valence electrons. The zero-order chi connectivity index (χ0) is 26.3. The van der Waals surface area contributed by atoms with E-state index in [2.05, 4.69) is 20.7 Å². The van der Waals surface area contributed by atoms with Gasteiger partial charge in [0.25, 0.3) is 0 Å². The Labute approximate surface area is 216 Å². The maximum Gasteiger partial charge on any atom is 0.124 e. The Bertz CT molecular complexity index is 1200. The van der Waals surface area contributed by atoms with E-state index in [0.29, 0.717) is 56.0 Å². The van der Waals surface area contributed by atoms with Gasteiger partial charge in [-0.2, -0.15) is 15.3 Å². The molecule has 0 aliphatic rings. The van der Waals surface area contributed by atoms with E-state index in [0.717, 1.165) is 0 Å². The molecule has 6 N–H and O–H groups in total. The van der Waals surface area contributed by atoms with Gasteiger partial charge >= 0.3 is 0 Å². The van der Waals surface area contributed by atoms with E-state index in [1.54, 1.807) is 73.2 Å². The van der Waals surface area contributed by atoms with Crippen molar-refractivity contribution in [3.8, 4) is 17.2 Å². The molecule has 0 radical (unpaired) electrons. The lowest BCUT2D eigenvalue weighted by molar-refractivity contribution is 0.218. The van der Waals surface area contributed by atoms with Crippen LogP contribution in [0.3, 0.4) is 0 Å². The molecule has 37 heavy (non-hydrogen) atoms. The van der Waals surface area contributed by atoms with Crippen molar-refractivity contribution in [2.75, 3.05) is 39.3 Å². The van der Waals surface area contributed by atoms with Gasteiger partial charge in [0.15, 0.2) is 0 Å². The first kappa shape index (κ1) is 27.0. The lowest BCUT2D eigenvalue weighted by atomic mass is 10.2. The summed E-state index contributed by atoms with van der Waals surface area (Å²) in [5.74, 6) is 0.461. The van der Waals surface area contributed by atoms with Crippen LogP contribution in [-0.2, 0) is 0 Å². The number of hydrogen-bond donors (Lipinski definition) is 5. The van der Waals surface area contributed by atoms with E-state index in [-0.39, 0.29) is 17.2 Å². The largest absolute Gasteiger partial charge is 0.507 e. The molecule has 0 unspecified atom stereocenters. The highest BCUT2D eigenvalue weighted by molar-refractivity contribution is 5.84. The summed E-state index contributed by atoms with van der Waals surface area (Å²) < 4.78 is 0. The van der Waals surface area contributed by atoms with Crippen LogP contribution in [0, 0.1) is 0 Å². The first-order valence-electron chi connectivity index (χ1n) is 11.9. The van der Waals surface area contributed by atoms with E-state index < -0.39 is 0 Å². The minimum Gasteiger partial charge on any atom is -0.507 e. The maximum atomic E-state index is 10.1. The number of hydrogen-bond acceptors (Lipinski definition) is 10. The smallest absolute Gasteiger partial charge is 0.124 e. The molecule has 0 amide bonds. The van der Waals surface area contributed by atoms with Gasteiger partial charge in [0.05, 0.1) is 44.8 Å². The second-order valence-electron chi connectivity index (χ2n) is 8.03. The van der Waals surface area contributed by atoms with Crippen LogP contribution < -0.4 is 11.2 Å². The first-order chi connectivity index (χ1) is 18.1.